The topological polar surface area (TPSA) is 24.4 Å². The molecule has 3 aliphatic carbocycles. The van der Waals surface area contributed by atoms with Crippen LogP contribution in [0.5, 0.6) is 0 Å². The Kier molecular flexibility index (Phi) is 8.02. The molecule has 8 aromatic rings. The fraction of sp³-hybridized carbons (Fsp3) is 0.155. The number of nitrogens with zero attached hydrogens (tertiary/aromatic N) is 1. The van der Waals surface area contributed by atoms with E-state index in [1.807, 2.05) is 11.3 Å². The molecule has 1 aromatic heterocycles. The van der Waals surface area contributed by atoms with Crippen molar-refractivity contribution in [1.82, 2.24) is 5.32 Å². The first-order chi connectivity index (χ1) is 29.8. The first-order valence-corrected chi connectivity index (χ1v) is 22.5. The van der Waals surface area contributed by atoms with Crippen LogP contribution in [0, 0.1) is 0 Å². The van der Waals surface area contributed by atoms with Crippen molar-refractivity contribution in [2.75, 3.05) is 0 Å². The summed E-state index contributed by atoms with van der Waals surface area (Å²) in [6.45, 7) is 9.73. The van der Waals surface area contributed by atoms with Gasteiger partial charge in [-0.05, 0) is 68.6 Å². The van der Waals surface area contributed by atoms with Gasteiger partial charge in [0.1, 0.15) is 0 Å². The van der Waals surface area contributed by atoms with Crippen molar-refractivity contribution in [3.05, 3.63) is 232 Å². The predicted molar refractivity (Wildman–Crippen MR) is 258 cm³/mol. The van der Waals surface area contributed by atoms with E-state index in [1.165, 1.54) is 70.3 Å². The molecule has 0 saturated carbocycles. The van der Waals surface area contributed by atoms with Crippen LogP contribution < -0.4 is 5.32 Å². The molecular formula is C58H46N2S. The molecule has 0 spiro atoms. The number of thiophene rings is 1. The molecule has 0 amide bonds. The second-order valence-corrected chi connectivity index (χ2v) is 19.3. The Morgan fingerprint density at radius 3 is 2.03 bits per heavy atom. The van der Waals surface area contributed by atoms with Crippen LogP contribution in [0.15, 0.2) is 192 Å². The summed E-state index contributed by atoms with van der Waals surface area (Å²) < 4.78 is 2.56. The summed E-state index contributed by atoms with van der Waals surface area (Å²) in [6.07, 6.45) is 3.66. The van der Waals surface area contributed by atoms with E-state index in [2.05, 4.69) is 209 Å². The molecule has 3 heteroatoms. The van der Waals surface area contributed by atoms with Gasteiger partial charge in [-0.15, -0.1) is 11.3 Å². The Morgan fingerprint density at radius 2 is 1.25 bits per heavy atom. The number of hydrogen-bond acceptors (Lipinski definition) is 3. The zero-order valence-corrected chi connectivity index (χ0v) is 35.8. The SMILES string of the molecule is CC1(C)C2=C(C=C3C(C2)c2cc(-c4ccc5sc6c(C7=C(c8ccccc8)N=C(c8ccccc8)C(c8ccccc8)N7)cccc6c5c4)ccc2C3(C)C)c2ccccc21. The Hall–Kier alpha value is -6.55. The highest BCUT2D eigenvalue weighted by atomic mass is 32.1. The summed E-state index contributed by atoms with van der Waals surface area (Å²) in [5, 5.41) is 6.65. The predicted octanol–water partition coefficient (Wildman–Crippen LogP) is 14.8. The van der Waals surface area contributed by atoms with Gasteiger partial charge in [-0.2, -0.15) is 0 Å². The fourth-order valence-electron chi connectivity index (χ4n) is 11.1. The van der Waals surface area contributed by atoms with Gasteiger partial charge in [0.25, 0.3) is 0 Å². The van der Waals surface area contributed by atoms with E-state index < -0.39 is 0 Å². The monoisotopic (exact) mass is 802 g/mol. The van der Waals surface area contributed by atoms with Crippen LogP contribution in [0.25, 0.3) is 48.3 Å². The Bertz CT molecular complexity index is 3230. The van der Waals surface area contributed by atoms with Crippen LogP contribution in [-0.4, -0.2) is 5.71 Å². The highest BCUT2D eigenvalue weighted by Gasteiger charge is 2.48. The van der Waals surface area contributed by atoms with Crippen molar-refractivity contribution in [3.63, 3.8) is 0 Å². The molecule has 0 bridgehead atoms. The molecule has 2 unspecified atom stereocenters. The molecular weight excluding hydrogens is 757 g/mol. The van der Waals surface area contributed by atoms with E-state index in [9.17, 15) is 0 Å². The van der Waals surface area contributed by atoms with Crippen LogP contribution >= 0.6 is 11.3 Å². The lowest BCUT2D eigenvalue weighted by Gasteiger charge is -2.32. The lowest BCUT2D eigenvalue weighted by atomic mass is 9.71. The number of hydrogen-bond donors (Lipinski definition) is 1. The summed E-state index contributed by atoms with van der Waals surface area (Å²) in [7, 11) is 0. The van der Waals surface area contributed by atoms with Gasteiger partial charge in [0.05, 0.1) is 23.1 Å². The highest BCUT2D eigenvalue weighted by molar-refractivity contribution is 7.26. The third kappa shape index (κ3) is 5.50. The molecule has 0 fully saturated rings. The average molecular weight is 803 g/mol. The van der Waals surface area contributed by atoms with Gasteiger partial charge in [-0.25, -0.2) is 4.99 Å². The highest BCUT2D eigenvalue weighted by Crippen LogP contribution is 2.61. The normalized spacial score (nSPS) is 19.5. The number of benzene rings is 7. The van der Waals surface area contributed by atoms with Gasteiger partial charge in [-0.1, -0.05) is 203 Å². The average Bonchev–Trinajstić information content (AvgIpc) is 3.87. The number of rotatable bonds is 5. The Morgan fingerprint density at radius 1 is 0.574 bits per heavy atom. The molecule has 12 rings (SSSR count). The third-order valence-corrected chi connectivity index (χ3v) is 15.5. The molecule has 61 heavy (non-hydrogen) atoms. The molecule has 1 aliphatic heterocycles. The van der Waals surface area contributed by atoms with Gasteiger partial charge in [0, 0.05) is 48.0 Å². The van der Waals surface area contributed by atoms with Gasteiger partial charge < -0.3 is 5.32 Å². The van der Waals surface area contributed by atoms with E-state index in [1.54, 1.807) is 11.1 Å². The van der Waals surface area contributed by atoms with E-state index in [4.69, 9.17) is 4.99 Å². The molecule has 2 nitrogen and oxygen atoms in total. The van der Waals surface area contributed by atoms with Gasteiger partial charge in [0.15, 0.2) is 0 Å². The van der Waals surface area contributed by atoms with Crippen molar-refractivity contribution >= 4 is 54.2 Å². The Labute approximate surface area is 362 Å². The number of aliphatic imine (C=N–C) groups is 1. The minimum atomic E-state index is -0.121. The van der Waals surface area contributed by atoms with Crippen molar-refractivity contribution < 1.29 is 0 Å². The quantitative estimate of drug-likeness (QED) is 0.184. The number of fused-ring (bicyclic) bond motifs is 8. The van der Waals surface area contributed by atoms with Crippen molar-refractivity contribution in [1.29, 1.82) is 0 Å². The smallest absolute Gasteiger partial charge is 0.0947 e. The largest absolute Gasteiger partial charge is 0.370 e. The lowest BCUT2D eigenvalue weighted by molar-refractivity contribution is 0.561. The second-order valence-electron chi connectivity index (χ2n) is 18.3. The van der Waals surface area contributed by atoms with Crippen LogP contribution in [-0.2, 0) is 10.8 Å². The van der Waals surface area contributed by atoms with E-state index >= 15 is 0 Å². The molecule has 4 aliphatic rings. The molecule has 7 aromatic carbocycles. The van der Waals surface area contributed by atoms with Crippen LogP contribution in [0.4, 0.5) is 0 Å². The van der Waals surface area contributed by atoms with Crippen molar-refractivity contribution in [2.24, 2.45) is 4.99 Å². The Balaban J connectivity index is 0.973. The van der Waals surface area contributed by atoms with E-state index in [-0.39, 0.29) is 16.9 Å². The molecule has 2 atom stereocenters. The van der Waals surface area contributed by atoms with Crippen molar-refractivity contribution in [2.45, 2.75) is 56.9 Å². The van der Waals surface area contributed by atoms with E-state index in [0.29, 0.717) is 5.92 Å². The van der Waals surface area contributed by atoms with Crippen molar-refractivity contribution in [3.8, 4) is 11.1 Å². The molecule has 1 N–H and O–H groups in total. The second kappa shape index (κ2) is 13.5. The standard InChI is InChI=1S/C58H46N2S/c1-57(2)47-26-15-14-23-40(47)44-33-50-45(34-49(44)57)43-31-38(27-29-48(43)58(50,3)4)39-28-30-51-46(32-39)41-24-16-25-42(56(41)61-51)55-54(37-21-12-7-13-22-37)59-52(35-17-8-5-9-18-35)53(60-55)36-19-10-6-11-20-36/h5-33,45,53,60H,34H2,1-4H3. The lowest BCUT2D eigenvalue weighted by Crippen LogP contribution is -2.32. The summed E-state index contributed by atoms with van der Waals surface area (Å²) in [6, 6.07) is 62.2. The maximum Gasteiger partial charge on any atom is 0.0947 e. The first kappa shape index (κ1) is 36.3. The summed E-state index contributed by atoms with van der Waals surface area (Å²) in [4.78, 5) is 5.59. The molecule has 2 heterocycles. The summed E-state index contributed by atoms with van der Waals surface area (Å²) in [5.41, 5.74) is 20.7. The maximum absolute atomic E-state index is 5.59. The summed E-state index contributed by atoms with van der Waals surface area (Å²) in [5.74, 6) is 0.394. The zero-order chi connectivity index (χ0) is 41.0. The van der Waals surface area contributed by atoms with Gasteiger partial charge >= 0.3 is 0 Å². The van der Waals surface area contributed by atoms with Crippen LogP contribution in [0.3, 0.4) is 0 Å². The zero-order valence-electron chi connectivity index (χ0n) is 35.0. The third-order valence-electron chi connectivity index (χ3n) is 14.3. The van der Waals surface area contributed by atoms with Gasteiger partial charge in [0.2, 0.25) is 0 Å². The molecule has 0 radical (unpaired) electrons. The number of allylic oxidation sites excluding steroid dienone is 4. The van der Waals surface area contributed by atoms with Gasteiger partial charge in [-0.3, -0.25) is 0 Å². The minimum absolute atomic E-state index is 0.0193. The number of nitrogens with one attached hydrogen (secondary N) is 1. The molecule has 294 valence electrons. The first-order valence-electron chi connectivity index (χ1n) is 21.7. The fourth-order valence-corrected chi connectivity index (χ4v) is 12.3. The van der Waals surface area contributed by atoms with E-state index in [0.717, 1.165) is 34.7 Å². The molecule has 0 saturated heterocycles. The van der Waals surface area contributed by atoms with Crippen LogP contribution in [0.2, 0.25) is 0 Å². The van der Waals surface area contributed by atoms with Crippen LogP contribution in [0.1, 0.15) is 90.6 Å². The summed E-state index contributed by atoms with van der Waals surface area (Å²) >= 11 is 1.88. The minimum Gasteiger partial charge on any atom is -0.370 e. The maximum atomic E-state index is 5.59.